The van der Waals surface area contributed by atoms with Crippen molar-refractivity contribution in [2.45, 2.75) is 71.5 Å². The lowest BCUT2D eigenvalue weighted by atomic mass is 9.89. The molecule has 0 radical (unpaired) electrons. The molecule has 15 heavy (non-hydrogen) atoms. The summed E-state index contributed by atoms with van der Waals surface area (Å²) in [6.07, 6.45) is 5.02. The lowest BCUT2D eigenvalue weighted by Crippen LogP contribution is -2.47. The molecule has 0 aromatic rings. The molecule has 0 aromatic heterocycles. The molecule has 2 N–H and O–H groups in total. The number of hydrogen-bond acceptors (Lipinski definition) is 2. The van der Waals surface area contributed by atoms with Gasteiger partial charge in [0.25, 0.3) is 0 Å². The largest absolute Gasteiger partial charge is 0.328 e. The van der Waals surface area contributed by atoms with Crippen LogP contribution in [-0.2, 0) is 0 Å². The molecule has 0 spiro atoms. The SMILES string of the molecule is CCN(C1CCC(N)CC1)C(C)C(C)C. The third-order valence-corrected chi connectivity index (χ3v) is 4.06. The van der Waals surface area contributed by atoms with E-state index in [9.17, 15) is 0 Å². The number of rotatable bonds is 4. The second kappa shape index (κ2) is 5.86. The first-order valence-corrected chi connectivity index (χ1v) is 6.57. The van der Waals surface area contributed by atoms with Crippen molar-refractivity contribution in [3.8, 4) is 0 Å². The molecule has 1 aliphatic rings. The fourth-order valence-electron chi connectivity index (χ4n) is 2.69. The van der Waals surface area contributed by atoms with E-state index in [1.807, 2.05) is 0 Å². The minimum atomic E-state index is 0.467. The lowest BCUT2D eigenvalue weighted by molar-refractivity contribution is 0.0901. The van der Waals surface area contributed by atoms with Gasteiger partial charge in [0.15, 0.2) is 0 Å². The summed E-state index contributed by atoms with van der Waals surface area (Å²) in [6.45, 7) is 10.5. The van der Waals surface area contributed by atoms with Crippen molar-refractivity contribution in [2.75, 3.05) is 6.54 Å². The van der Waals surface area contributed by atoms with E-state index in [2.05, 4.69) is 32.6 Å². The maximum Gasteiger partial charge on any atom is 0.00992 e. The van der Waals surface area contributed by atoms with Gasteiger partial charge in [0, 0.05) is 18.1 Å². The normalized spacial score (nSPS) is 29.8. The molecule has 0 amide bonds. The van der Waals surface area contributed by atoms with Gasteiger partial charge in [-0.1, -0.05) is 20.8 Å². The van der Waals surface area contributed by atoms with Crippen LogP contribution in [0.5, 0.6) is 0 Å². The van der Waals surface area contributed by atoms with Crippen LogP contribution in [0.25, 0.3) is 0 Å². The molecule has 1 rings (SSSR count). The average molecular weight is 212 g/mol. The van der Waals surface area contributed by atoms with Gasteiger partial charge in [0.05, 0.1) is 0 Å². The second-order valence-corrected chi connectivity index (χ2v) is 5.38. The third-order valence-electron chi connectivity index (χ3n) is 4.06. The number of nitrogens with two attached hydrogens (primary N) is 1. The van der Waals surface area contributed by atoms with E-state index < -0.39 is 0 Å². The highest BCUT2D eigenvalue weighted by atomic mass is 15.2. The zero-order chi connectivity index (χ0) is 11.4. The predicted molar refractivity (Wildman–Crippen MR) is 66.9 cm³/mol. The Morgan fingerprint density at radius 2 is 1.67 bits per heavy atom. The molecular weight excluding hydrogens is 184 g/mol. The molecule has 0 aromatic carbocycles. The van der Waals surface area contributed by atoms with Crippen LogP contribution in [0.15, 0.2) is 0 Å². The summed E-state index contributed by atoms with van der Waals surface area (Å²) >= 11 is 0. The zero-order valence-electron chi connectivity index (χ0n) is 10.9. The molecular formula is C13H28N2. The molecule has 1 unspecified atom stereocenters. The predicted octanol–water partition coefficient (Wildman–Crippen LogP) is 2.62. The number of hydrogen-bond donors (Lipinski definition) is 1. The minimum absolute atomic E-state index is 0.467. The van der Waals surface area contributed by atoms with Crippen molar-refractivity contribution in [1.82, 2.24) is 4.90 Å². The first-order chi connectivity index (χ1) is 7.06. The fraction of sp³-hybridized carbons (Fsp3) is 1.00. The van der Waals surface area contributed by atoms with Crippen molar-refractivity contribution >= 4 is 0 Å². The summed E-state index contributed by atoms with van der Waals surface area (Å²) in [5.41, 5.74) is 5.96. The molecule has 0 saturated heterocycles. The van der Waals surface area contributed by atoms with Crippen molar-refractivity contribution < 1.29 is 0 Å². The van der Waals surface area contributed by atoms with Gasteiger partial charge < -0.3 is 5.73 Å². The highest BCUT2D eigenvalue weighted by Gasteiger charge is 2.27. The summed E-state index contributed by atoms with van der Waals surface area (Å²) in [5.74, 6) is 0.751. The van der Waals surface area contributed by atoms with Crippen LogP contribution in [0, 0.1) is 5.92 Å². The Morgan fingerprint density at radius 1 is 1.13 bits per heavy atom. The van der Waals surface area contributed by atoms with E-state index in [1.54, 1.807) is 0 Å². The van der Waals surface area contributed by atoms with E-state index in [1.165, 1.54) is 32.2 Å². The van der Waals surface area contributed by atoms with Gasteiger partial charge in [0.1, 0.15) is 0 Å². The van der Waals surface area contributed by atoms with Crippen molar-refractivity contribution in [2.24, 2.45) is 11.7 Å². The monoisotopic (exact) mass is 212 g/mol. The fourth-order valence-corrected chi connectivity index (χ4v) is 2.69. The third kappa shape index (κ3) is 3.46. The van der Waals surface area contributed by atoms with Crippen LogP contribution in [0.2, 0.25) is 0 Å². The molecule has 0 heterocycles. The highest BCUT2D eigenvalue weighted by Crippen LogP contribution is 2.25. The van der Waals surface area contributed by atoms with Gasteiger partial charge in [-0.2, -0.15) is 0 Å². The summed E-state index contributed by atoms with van der Waals surface area (Å²) < 4.78 is 0. The Bertz CT molecular complexity index is 171. The average Bonchev–Trinajstić information content (AvgIpc) is 2.21. The maximum atomic E-state index is 5.96. The molecule has 1 saturated carbocycles. The van der Waals surface area contributed by atoms with E-state index >= 15 is 0 Å². The Morgan fingerprint density at radius 3 is 2.07 bits per heavy atom. The first kappa shape index (κ1) is 13.0. The van der Waals surface area contributed by atoms with E-state index in [0.717, 1.165) is 12.0 Å². The van der Waals surface area contributed by atoms with E-state index in [4.69, 9.17) is 5.73 Å². The van der Waals surface area contributed by atoms with Gasteiger partial charge in [-0.15, -0.1) is 0 Å². The first-order valence-electron chi connectivity index (χ1n) is 6.57. The summed E-state index contributed by atoms with van der Waals surface area (Å²) in [6, 6.07) is 1.95. The van der Waals surface area contributed by atoms with E-state index in [-0.39, 0.29) is 0 Å². The van der Waals surface area contributed by atoms with Crippen LogP contribution in [0.3, 0.4) is 0 Å². The van der Waals surface area contributed by atoms with E-state index in [0.29, 0.717) is 12.1 Å². The second-order valence-electron chi connectivity index (χ2n) is 5.38. The summed E-state index contributed by atoms with van der Waals surface area (Å²) in [4.78, 5) is 2.68. The van der Waals surface area contributed by atoms with Gasteiger partial charge in [-0.05, 0) is 45.1 Å². The van der Waals surface area contributed by atoms with Gasteiger partial charge in [-0.25, -0.2) is 0 Å². The maximum absolute atomic E-state index is 5.96. The standard InChI is InChI=1S/C13H28N2/c1-5-15(11(4)10(2)3)13-8-6-12(14)7-9-13/h10-13H,5-9,14H2,1-4H3. The Hall–Kier alpha value is -0.0800. The Balaban J connectivity index is 2.51. The quantitative estimate of drug-likeness (QED) is 0.776. The minimum Gasteiger partial charge on any atom is -0.328 e. The Kier molecular flexibility index (Phi) is 5.07. The smallest absolute Gasteiger partial charge is 0.00992 e. The Labute approximate surface area is 95.2 Å². The summed E-state index contributed by atoms with van der Waals surface area (Å²) in [5, 5.41) is 0. The van der Waals surface area contributed by atoms with Crippen LogP contribution in [0.1, 0.15) is 53.4 Å². The van der Waals surface area contributed by atoms with Gasteiger partial charge >= 0.3 is 0 Å². The van der Waals surface area contributed by atoms with Crippen molar-refractivity contribution in [1.29, 1.82) is 0 Å². The molecule has 0 bridgehead atoms. The van der Waals surface area contributed by atoms with Crippen LogP contribution in [-0.4, -0.2) is 29.6 Å². The molecule has 0 aliphatic heterocycles. The molecule has 1 aliphatic carbocycles. The van der Waals surface area contributed by atoms with Crippen LogP contribution >= 0.6 is 0 Å². The van der Waals surface area contributed by atoms with Crippen molar-refractivity contribution in [3.63, 3.8) is 0 Å². The molecule has 1 atom stereocenters. The molecule has 1 fully saturated rings. The summed E-state index contributed by atoms with van der Waals surface area (Å²) in [7, 11) is 0. The van der Waals surface area contributed by atoms with Gasteiger partial charge in [-0.3, -0.25) is 4.90 Å². The van der Waals surface area contributed by atoms with Crippen LogP contribution in [0.4, 0.5) is 0 Å². The lowest BCUT2D eigenvalue weighted by Gasteiger charge is -2.40. The topological polar surface area (TPSA) is 29.3 Å². The highest BCUT2D eigenvalue weighted by molar-refractivity contribution is 4.84. The van der Waals surface area contributed by atoms with Crippen molar-refractivity contribution in [3.05, 3.63) is 0 Å². The van der Waals surface area contributed by atoms with Gasteiger partial charge in [0.2, 0.25) is 0 Å². The number of nitrogens with zero attached hydrogens (tertiary/aromatic N) is 1. The zero-order valence-corrected chi connectivity index (χ0v) is 10.9. The van der Waals surface area contributed by atoms with Crippen LogP contribution < -0.4 is 5.73 Å². The molecule has 2 nitrogen and oxygen atoms in total. The molecule has 90 valence electrons. The molecule has 2 heteroatoms.